The summed E-state index contributed by atoms with van der Waals surface area (Å²) in [5.41, 5.74) is -0.115. The lowest BCUT2D eigenvalue weighted by atomic mass is 10.1. The Bertz CT molecular complexity index is 689. The zero-order valence-electron chi connectivity index (χ0n) is 13.4. The topological polar surface area (TPSA) is 108 Å². The fraction of sp³-hybridized carbons (Fsp3) is 0.467. The molecule has 0 amide bonds. The highest BCUT2D eigenvalue weighted by Gasteiger charge is 2.23. The van der Waals surface area contributed by atoms with Crippen molar-refractivity contribution in [1.82, 2.24) is 4.72 Å². The third kappa shape index (κ3) is 4.31. The molecule has 1 aliphatic heterocycles. The van der Waals surface area contributed by atoms with Crippen molar-refractivity contribution < 1.29 is 32.2 Å². The Morgan fingerprint density at radius 1 is 1.17 bits per heavy atom. The van der Waals surface area contributed by atoms with Gasteiger partial charge in [-0.25, -0.2) is 22.7 Å². The molecule has 1 heterocycles. The predicted molar refractivity (Wildman–Crippen MR) is 83.3 cm³/mol. The second-order valence-electron chi connectivity index (χ2n) is 5.22. The lowest BCUT2D eigenvalue weighted by molar-refractivity contribution is 0.0598. The Morgan fingerprint density at radius 2 is 1.75 bits per heavy atom. The van der Waals surface area contributed by atoms with Gasteiger partial charge < -0.3 is 14.2 Å². The van der Waals surface area contributed by atoms with E-state index in [9.17, 15) is 18.0 Å². The summed E-state index contributed by atoms with van der Waals surface area (Å²) in [6.07, 6.45) is 1.48. The van der Waals surface area contributed by atoms with Gasteiger partial charge in [-0.3, -0.25) is 0 Å². The van der Waals surface area contributed by atoms with Crippen LogP contribution in [0.3, 0.4) is 0 Å². The summed E-state index contributed by atoms with van der Waals surface area (Å²) in [5, 5.41) is 0. The molecule has 0 aromatic heterocycles. The Kier molecular flexibility index (Phi) is 5.92. The highest BCUT2D eigenvalue weighted by Crippen LogP contribution is 2.18. The second kappa shape index (κ2) is 7.73. The molecule has 8 nitrogen and oxygen atoms in total. The first-order valence-corrected chi connectivity index (χ1v) is 8.78. The Morgan fingerprint density at radius 3 is 2.21 bits per heavy atom. The van der Waals surface area contributed by atoms with Crippen LogP contribution in [0.2, 0.25) is 0 Å². The molecule has 1 saturated heterocycles. The van der Waals surface area contributed by atoms with Gasteiger partial charge in [-0.05, 0) is 31.0 Å². The number of esters is 2. The zero-order chi connectivity index (χ0) is 17.7. The summed E-state index contributed by atoms with van der Waals surface area (Å²) in [5.74, 6) is -1.51. The maximum atomic E-state index is 12.4. The molecular weight excluding hydrogens is 338 g/mol. The molecule has 132 valence electrons. The molecule has 1 aliphatic rings. The highest BCUT2D eigenvalue weighted by atomic mass is 32.2. The molecule has 1 aromatic rings. The van der Waals surface area contributed by atoms with Crippen LogP contribution in [0, 0.1) is 0 Å². The van der Waals surface area contributed by atoms with E-state index in [0.29, 0.717) is 6.61 Å². The van der Waals surface area contributed by atoms with E-state index in [2.05, 4.69) is 14.2 Å². The van der Waals surface area contributed by atoms with Gasteiger partial charge in [0.25, 0.3) is 0 Å². The molecule has 0 aliphatic carbocycles. The standard InChI is InChI=1S/C15H19NO7S/c1-21-14(17)10-6-11(15(18)22-2)8-13(7-10)24(19,20)16-9-12-4-3-5-23-12/h6-8,12,16H,3-5,9H2,1-2H3. The van der Waals surface area contributed by atoms with E-state index in [-0.39, 0.29) is 28.7 Å². The molecule has 0 saturated carbocycles. The number of carbonyl (C=O) groups excluding carboxylic acids is 2. The van der Waals surface area contributed by atoms with Crippen LogP contribution in [-0.2, 0) is 24.2 Å². The minimum atomic E-state index is -3.92. The second-order valence-corrected chi connectivity index (χ2v) is 6.98. The Balaban J connectivity index is 2.31. The Hall–Kier alpha value is -1.97. The van der Waals surface area contributed by atoms with Gasteiger partial charge in [-0.2, -0.15) is 0 Å². The molecule has 1 aromatic carbocycles. The molecule has 1 fully saturated rings. The van der Waals surface area contributed by atoms with Crippen LogP contribution in [0.1, 0.15) is 33.6 Å². The average molecular weight is 357 g/mol. The van der Waals surface area contributed by atoms with Crippen molar-refractivity contribution >= 4 is 22.0 Å². The monoisotopic (exact) mass is 357 g/mol. The van der Waals surface area contributed by atoms with Crippen molar-refractivity contribution in [1.29, 1.82) is 0 Å². The number of ether oxygens (including phenoxy) is 3. The van der Waals surface area contributed by atoms with E-state index < -0.39 is 22.0 Å². The molecule has 1 N–H and O–H groups in total. The number of carbonyl (C=O) groups is 2. The van der Waals surface area contributed by atoms with Crippen molar-refractivity contribution in [2.75, 3.05) is 27.4 Å². The van der Waals surface area contributed by atoms with Gasteiger partial charge in [0, 0.05) is 13.2 Å². The fourth-order valence-electron chi connectivity index (χ4n) is 2.32. The average Bonchev–Trinajstić information content (AvgIpc) is 3.11. The molecule has 1 unspecified atom stereocenters. The Labute approximate surface area is 140 Å². The molecule has 2 rings (SSSR count). The van der Waals surface area contributed by atoms with Crippen molar-refractivity contribution in [3.63, 3.8) is 0 Å². The number of sulfonamides is 1. The van der Waals surface area contributed by atoms with Gasteiger partial charge in [0.05, 0.1) is 36.3 Å². The number of benzene rings is 1. The molecule has 0 bridgehead atoms. The molecule has 1 atom stereocenters. The molecule has 9 heteroatoms. The quantitative estimate of drug-likeness (QED) is 0.747. The van der Waals surface area contributed by atoms with Crippen molar-refractivity contribution in [3.8, 4) is 0 Å². The van der Waals surface area contributed by atoms with Crippen LogP contribution in [0.4, 0.5) is 0 Å². The van der Waals surface area contributed by atoms with E-state index >= 15 is 0 Å². The van der Waals surface area contributed by atoms with Gasteiger partial charge in [0.2, 0.25) is 10.0 Å². The largest absolute Gasteiger partial charge is 0.465 e. The first-order chi connectivity index (χ1) is 11.4. The fourth-order valence-corrected chi connectivity index (χ4v) is 3.45. The molecular formula is C15H19NO7S. The number of nitrogens with one attached hydrogen (secondary N) is 1. The van der Waals surface area contributed by atoms with Crippen LogP contribution in [-0.4, -0.2) is 53.8 Å². The normalized spacial score (nSPS) is 17.5. The number of rotatable bonds is 6. The SMILES string of the molecule is COC(=O)c1cc(C(=O)OC)cc(S(=O)(=O)NCC2CCCO2)c1. The van der Waals surface area contributed by atoms with E-state index in [1.165, 1.54) is 6.07 Å². The van der Waals surface area contributed by atoms with E-state index in [1.54, 1.807) is 0 Å². The van der Waals surface area contributed by atoms with Gasteiger partial charge in [-0.15, -0.1) is 0 Å². The smallest absolute Gasteiger partial charge is 0.337 e. The number of hydrogen-bond donors (Lipinski definition) is 1. The van der Waals surface area contributed by atoms with Gasteiger partial charge in [-0.1, -0.05) is 0 Å². The van der Waals surface area contributed by atoms with Crippen LogP contribution in [0.15, 0.2) is 23.1 Å². The number of hydrogen-bond acceptors (Lipinski definition) is 7. The third-order valence-corrected chi connectivity index (χ3v) is 4.99. The van der Waals surface area contributed by atoms with Crippen LogP contribution >= 0.6 is 0 Å². The summed E-state index contributed by atoms with van der Waals surface area (Å²) in [7, 11) is -1.59. The molecule has 24 heavy (non-hydrogen) atoms. The van der Waals surface area contributed by atoms with E-state index in [1.807, 2.05) is 0 Å². The van der Waals surface area contributed by atoms with Gasteiger partial charge in [0.15, 0.2) is 0 Å². The lowest BCUT2D eigenvalue weighted by Crippen LogP contribution is -2.32. The molecule has 0 radical (unpaired) electrons. The maximum Gasteiger partial charge on any atom is 0.337 e. The van der Waals surface area contributed by atoms with Crippen LogP contribution < -0.4 is 4.72 Å². The van der Waals surface area contributed by atoms with Gasteiger partial charge >= 0.3 is 11.9 Å². The summed E-state index contributed by atoms with van der Waals surface area (Å²) >= 11 is 0. The predicted octanol–water partition coefficient (Wildman–Crippen LogP) is 0.717. The van der Waals surface area contributed by atoms with E-state index in [0.717, 1.165) is 39.2 Å². The summed E-state index contributed by atoms with van der Waals surface area (Å²) in [6.45, 7) is 0.731. The molecule has 0 spiro atoms. The van der Waals surface area contributed by atoms with Gasteiger partial charge in [0.1, 0.15) is 0 Å². The minimum Gasteiger partial charge on any atom is -0.465 e. The zero-order valence-corrected chi connectivity index (χ0v) is 14.2. The first-order valence-electron chi connectivity index (χ1n) is 7.30. The van der Waals surface area contributed by atoms with Crippen LogP contribution in [0.5, 0.6) is 0 Å². The van der Waals surface area contributed by atoms with Crippen molar-refractivity contribution in [2.45, 2.75) is 23.8 Å². The van der Waals surface area contributed by atoms with Crippen molar-refractivity contribution in [2.24, 2.45) is 0 Å². The maximum absolute atomic E-state index is 12.4. The lowest BCUT2D eigenvalue weighted by Gasteiger charge is -2.13. The summed E-state index contributed by atoms with van der Waals surface area (Å²) in [6, 6.07) is 3.52. The minimum absolute atomic E-state index is 0.0575. The van der Waals surface area contributed by atoms with Crippen molar-refractivity contribution in [3.05, 3.63) is 29.3 Å². The van der Waals surface area contributed by atoms with Crippen LogP contribution in [0.25, 0.3) is 0 Å². The summed E-state index contributed by atoms with van der Waals surface area (Å²) < 4.78 is 41.9. The summed E-state index contributed by atoms with van der Waals surface area (Å²) in [4.78, 5) is 23.2. The number of methoxy groups -OCH3 is 2. The van der Waals surface area contributed by atoms with E-state index in [4.69, 9.17) is 4.74 Å². The first kappa shape index (κ1) is 18.4. The highest BCUT2D eigenvalue weighted by molar-refractivity contribution is 7.89. The third-order valence-electron chi connectivity index (χ3n) is 3.58.